The molecular formula is C22H30N4O4. The number of aryl methyl sites for hydroxylation is 2. The van der Waals surface area contributed by atoms with Gasteiger partial charge < -0.3 is 19.9 Å². The molecule has 162 valence electrons. The summed E-state index contributed by atoms with van der Waals surface area (Å²) in [5.41, 5.74) is 3.51. The zero-order valence-electron chi connectivity index (χ0n) is 18.0. The third-order valence-electron chi connectivity index (χ3n) is 5.21. The Bertz CT molecular complexity index is 876. The maximum absolute atomic E-state index is 13.1. The molecule has 0 aliphatic carbocycles. The van der Waals surface area contributed by atoms with Crippen molar-refractivity contribution in [3.8, 4) is 11.3 Å². The maximum atomic E-state index is 13.1. The molecular weight excluding hydrogens is 384 g/mol. The van der Waals surface area contributed by atoms with Gasteiger partial charge in [-0.1, -0.05) is 31.9 Å². The highest BCUT2D eigenvalue weighted by molar-refractivity contribution is 5.98. The number of nitrogens with one attached hydrogen (secondary N) is 1. The minimum Gasteiger partial charge on any atom is -0.483 e. The molecule has 0 bridgehead atoms. The van der Waals surface area contributed by atoms with Crippen LogP contribution >= 0.6 is 0 Å². The number of hydrogen-bond donors (Lipinski definition) is 2. The Morgan fingerprint density at radius 2 is 1.90 bits per heavy atom. The van der Waals surface area contributed by atoms with E-state index in [0.29, 0.717) is 18.7 Å². The Hall–Kier alpha value is -3.16. The van der Waals surface area contributed by atoms with E-state index in [4.69, 9.17) is 9.90 Å². The second-order valence-corrected chi connectivity index (χ2v) is 7.39. The van der Waals surface area contributed by atoms with Crippen molar-refractivity contribution in [3.63, 3.8) is 0 Å². The smallest absolute Gasteiger partial charge is 0.290 e. The van der Waals surface area contributed by atoms with Gasteiger partial charge in [-0.15, -0.1) is 0 Å². The van der Waals surface area contributed by atoms with Gasteiger partial charge in [-0.3, -0.25) is 14.4 Å². The molecule has 1 atom stereocenters. The first-order chi connectivity index (χ1) is 14.3. The summed E-state index contributed by atoms with van der Waals surface area (Å²) in [7, 11) is 1.81. The lowest BCUT2D eigenvalue weighted by Gasteiger charge is -2.39. The number of imidazole rings is 1. The first-order valence-electron chi connectivity index (χ1n) is 10.1. The molecule has 0 radical (unpaired) electrons. The average Bonchev–Trinajstić information content (AvgIpc) is 3.07. The number of nitrogens with zero attached hydrogens (tertiary/aromatic N) is 3. The minimum atomic E-state index is -0.355. The quantitative estimate of drug-likeness (QED) is 0.732. The summed E-state index contributed by atoms with van der Waals surface area (Å²) in [6.07, 6.45) is 2.66. The Labute approximate surface area is 176 Å². The van der Waals surface area contributed by atoms with Crippen LogP contribution in [0.3, 0.4) is 0 Å². The lowest BCUT2D eigenvalue weighted by atomic mass is 10.0. The molecule has 1 unspecified atom stereocenters. The van der Waals surface area contributed by atoms with Crippen molar-refractivity contribution >= 4 is 18.3 Å². The summed E-state index contributed by atoms with van der Waals surface area (Å²) >= 11 is 0. The lowest BCUT2D eigenvalue weighted by Crippen LogP contribution is -2.57. The van der Waals surface area contributed by atoms with Crippen molar-refractivity contribution in [3.05, 3.63) is 41.3 Å². The molecule has 0 saturated carbocycles. The van der Waals surface area contributed by atoms with Gasteiger partial charge >= 0.3 is 0 Å². The molecule has 1 aromatic heterocycles. The highest BCUT2D eigenvalue weighted by Crippen LogP contribution is 2.23. The maximum Gasteiger partial charge on any atom is 0.290 e. The van der Waals surface area contributed by atoms with Crippen LogP contribution in [0.5, 0.6) is 0 Å². The number of rotatable bonds is 5. The topological polar surface area (TPSA) is 107 Å². The molecule has 1 aliphatic heterocycles. The second-order valence-electron chi connectivity index (χ2n) is 7.39. The van der Waals surface area contributed by atoms with Crippen LogP contribution in [-0.2, 0) is 9.59 Å². The standard InChI is InChI=1S/C21H28N4O2.CH2O2/c1-5-6-7-18-21(27)24(4)12-13-25(18)20(26)17-10-8-16(9-11-17)19-14(2)22-15(3)23-19;2-1-3/h8-11,18H,5-7,12-13H2,1-4H3,(H,22,23);1H,(H,2,3). The number of benzene rings is 1. The van der Waals surface area contributed by atoms with Crippen LogP contribution in [0.1, 0.15) is 48.1 Å². The van der Waals surface area contributed by atoms with Crippen LogP contribution in [0.4, 0.5) is 0 Å². The molecule has 2 amide bonds. The summed E-state index contributed by atoms with van der Waals surface area (Å²) in [4.78, 5) is 45.2. The minimum absolute atomic E-state index is 0.0438. The number of carboxylic acid groups (broad SMARTS) is 1. The van der Waals surface area contributed by atoms with E-state index in [-0.39, 0.29) is 24.3 Å². The number of carbonyl (C=O) groups is 3. The van der Waals surface area contributed by atoms with Crippen LogP contribution in [0, 0.1) is 13.8 Å². The van der Waals surface area contributed by atoms with Gasteiger partial charge in [-0.2, -0.15) is 0 Å². The van der Waals surface area contributed by atoms with Gasteiger partial charge in [-0.05, 0) is 32.4 Å². The van der Waals surface area contributed by atoms with E-state index >= 15 is 0 Å². The van der Waals surface area contributed by atoms with Crippen LogP contribution in [0.15, 0.2) is 24.3 Å². The van der Waals surface area contributed by atoms with Gasteiger partial charge in [0.2, 0.25) is 5.91 Å². The third-order valence-corrected chi connectivity index (χ3v) is 5.21. The zero-order chi connectivity index (χ0) is 22.3. The first kappa shape index (κ1) is 23.1. The van der Waals surface area contributed by atoms with Crippen LogP contribution in [0.2, 0.25) is 0 Å². The highest BCUT2D eigenvalue weighted by atomic mass is 16.3. The predicted molar refractivity (Wildman–Crippen MR) is 114 cm³/mol. The second kappa shape index (κ2) is 10.6. The normalized spacial score (nSPS) is 16.1. The molecule has 1 aromatic carbocycles. The van der Waals surface area contributed by atoms with E-state index in [1.165, 1.54) is 0 Å². The molecule has 2 heterocycles. The van der Waals surface area contributed by atoms with Gasteiger partial charge in [0.05, 0.1) is 5.69 Å². The van der Waals surface area contributed by atoms with Crippen LogP contribution < -0.4 is 0 Å². The fraction of sp³-hybridized carbons (Fsp3) is 0.455. The molecule has 0 spiro atoms. The summed E-state index contributed by atoms with van der Waals surface area (Å²) in [5, 5.41) is 6.89. The summed E-state index contributed by atoms with van der Waals surface area (Å²) in [5.74, 6) is 0.846. The number of piperazine rings is 1. The highest BCUT2D eigenvalue weighted by Gasteiger charge is 2.35. The zero-order valence-corrected chi connectivity index (χ0v) is 18.0. The Balaban J connectivity index is 0.00000101. The number of hydrogen-bond acceptors (Lipinski definition) is 4. The van der Waals surface area contributed by atoms with E-state index < -0.39 is 0 Å². The van der Waals surface area contributed by atoms with Gasteiger partial charge in [0.15, 0.2) is 0 Å². The van der Waals surface area contributed by atoms with Crippen LogP contribution in [0.25, 0.3) is 11.3 Å². The summed E-state index contributed by atoms with van der Waals surface area (Å²) in [6.45, 7) is 6.92. The largest absolute Gasteiger partial charge is 0.483 e. The molecule has 1 saturated heterocycles. The van der Waals surface area contributed by atoms with Gasteiger partial charge in [0.1, 0.15) is 11.9 Å². The first-order valence-corrected chi connectivity index (χ1v) is 10.1. The molecule has 30 heavy (non-hydrogen) atoms. The van der Waals surface area contributed by atoms with Crippen molar-refractivity contribution in [1.29, 1.82) is 0 Å². The Morgan fingerprint density at radius 3 is 2.43 bits per heavy atom. The Kier molecular flexibility index (Phi) is 8.15. The van der Waals surface area contributed by atoms with Crippen molar-refractivity contribution in [2.45, 2.75) is 46.1 Å². The van der Waals surface area contributed by atoms with Crippen molar-refractivity contribution < 1.29 is 19.5 Å². The third kappa shape index (κ3) is 5.25. The van der Waals surface area contributed by atoms with E-state index in [1.54, 1.807) is 9.80 Å². The molecule has 8 heteroatoms. The van der Waals surface area contributed by atoms with E-state index in [0.717, 1.165) is 42.0 Å². The molecule has 8 nitrogen and oxygen atoms in total. The predicted octanol–water partition coefficient (Wildman–Crippen LogP) is 2.87. The van der Waals surface area contributed by atoms with Crippen LogP contribution in [-0.4, -0.2) is 69.3 Å². The number of aromatic nitrogens is 2. The van der Waals surface area contributed by atoms with Crippen molar-refractivity contribution in [2.75, 3.05) is 20.1 Å². The van der Waals surface area contributed by atoms with E-state index in [9.17, 15) is 9.59 Å². The molecule has 2 N–H and O–H groups in total. The SMILES string of the molecule is CCCCC1C(=O)N(C)CCN1C(=O)c1ccc(-c2nc(C)[nH]c2C)cc1.O=CO. The number of amides is 2. The van der Waals surface area contributed by atoms with Gasteiger partial charge in [-0.25, -0.2) is 4.98 Å². The van der Waals surface area contributed by atoms with E-state index in [2.05, 4.69) is 16.9 Å². The molecule has 2 aromatic rings. The average molecular weight is 415 g/mol. The molecule has 1 aliphatic rings. The number of carbonyl (C=O) groups excluding carboxylic acids is 2. The van der Waals surface area contributed by atoms with E-state index in [1.807, 2.05) is 45.2 Å². The summed E-state index contributed by atoms with van der Waals surface area (Å²) < 4.78 is 0. The molecule has 1 fully saturated rings. The molecule has 3 rings (SSSR count). The Morgan fingerprint density at radius 1 is 1.27 bits per heavy atom. The van der Waals surface area contributed by atoms with Crippen molar-refractivity contribution in [2.24, 2.45) is 0 Å². The van der Waals surface area contributed by atoms with Gasteiger partial charge in [0.25, 0.3) is 12.4 Å². The number of unbranched alkanes of at least 4 members (excludes halogenated alkanes) is 1. The number of H-pyrrole nitrogens is 1. The van der Waals surface area contributed by atoms with Gasteiger partial charge in [0, 0.05) is 37.0 Å². The fourth-order valence-electron chi connectivity index (χ4n) is 3.66. The lowest BCUT2D eigenvalue weighted by molar-refractivity contribution is -0.138. The fourth-order valence-corrected chi connectivity index (χ4v) is 3.66. The number of likely N-dealkylation sites (N-methyl/N-ethyl adjacent to an activating group) is 1. The summed E-state index contributed by atoms with van der Waals surface area (Å²) in [6, 6.07) is 7.16. The number of aromatic amines is 1. The van der Waals surface area contributed by atoms with Crippen molar-refractivity contribution in [1.82, 2.24) is 19.8 Å². The monoisotopic (exact) mass is 414 g/mol.